The number of halogens is 2. The van der Waals surface area contributed by atoms with Gasteiger partial charge in [-0.25, -0.2) is 0 Å². The van der Waals surface area contributed by atoms with Crippen LogP contribution in [0.5, 0.6) is 0 Å². The van der Waals surface area contributed by atoms with Crippen LogP contribution >= 0.6 is 24.0 Å². The molecule has 1 unspecified atom stereocenters. The maximum atomic E-state index is 12.7. The van der Waals surface area contributed by atoms with Gasteiger partial charge in [0, 0.05) is 30.1 Å². The Hall–Kier alpha value is -1.55. The highest BCUT2D eigenvalue weighted by atomic mass is 35.5. The van der Waals surface area contributed by atoms with Crippen molar-refractivity contribution >= 4 is 29.9 Å². The molecule has 1 aliphatic rings. The summed E-state index contributed by atoms with van der Waals surface area (Å²) in [5, 5.41) is 0.712. The minimum absolute atomic E-state index is 0. The molecule has 2 N–H and O–H groups in total. The number of benzene rings is 2. The molecule has 1 aliphatic carbocycles. The Labute approximate surface area is 154 Å². The summed E-state index contributed by atoms with van der Waals surface area (Å²) < 4.78 is 0. The van der Waals surface area contributed by atoms with E-state index < -0.39 is 0 Å². The van der Waals surface area contributed by atoms with Gasteiger partial charge in [0.1, 0.15) is 0 Å². The van der Waals surface area contributed by atoms with Crippen molar-refractivity contribution in [1.82, 2.24) is 4.90 Å². The van der Waals surface area contributed by atoms with Crippen molar-refractivity contribution in [1.29, 1.82) is 0 Å². The lowest BCUT2D eigenvalue weighted by Crippen LogP contribution is -2.34. The van der Waals surface area contributed by atoms with E-state index in [1.165, 1.54) is 0 Å². The molecule has 5 heteroatoms. The zero-order valence-electron chi connectivity index (χ0n) is 13.4. The molecule has 128 valence electrons. The van der Waals surface area contributed by atoms with Gasteiger partial charge in [-0.1, -0.05) is 54.1 Å². The fourth-order valence-corrected chi connectivity index (χ4v) is 2.84. The van der Waals surface area contributed by atoms with Gasteiger partial charge < -0.3 is 10.6 Å². The summed E-state index contributed by atoms with van der Waals surface area (Å²) in [7, 11) is 0. The van der Waals surface area contributed by atoms with Gasteiger partial charge in [-0.2, -0.15) is 0 Å². The molecule has 0 heterocycles. The topological polar surface area (TPSA) is 46.3 Å². The molecular weight excluding hydrogens is 343 g/mol. The molecule has 1 atom stereocenters. The molecule has 3 rings (SSSR count). The monoisotopic (exact) mass is 364 g/mol. The third kappa shape index (κ3) is 4.97. The second-order valence-corrected chi connectivity index (χ2v) is 6.54. The first-order chi connectivity index (χ1) is 11.1. The van der Waals surface area contributed by atoms with E-state index in [0.717, 1.165) is 24.0 Å². The lowest BCUT2D eigenvalue weighted by atomic mass is 10.0. The van der Waals surface area contributed by atoms with Crippen LogP contribution in [0.4, 0.5) is 0 Å². The van der Waals surface area contributed by atoms with Crippen molar-refractivity contribution in [2.24, 2.45) is 5.73 Å². The van der Waals surface area contributed by atoms with Crippen molar-refractivity contribution < 1.29 is 4.79 Å². The maximum Gasteiger partial charge on any atom is 0.225 e. The number of amides is 1. The van der Waals surface area contributed by atoms with E-state index in [4.69, 9.17) is 17.3 Å². The lowest BCUT2D eigenvalue weighted by molar-refractivity contribution is -0.132. The number of rotatable bonds is 6. The molecule has 3 nitrogen and oxygen atoms in total. The van der Waals surface area contributed by atoms with Crippen molar-refractivity contribution in [3.05, 3.63) is 70.7 Å². The van der Waals surface area contributed by atoms with Crippen LogP contribution in [0.2, 0.25) is 5.02 Å². The molecule has 2 aromatic carbocycles. The van der Waals surface area contributed by atoms with Gasteiger partial charge in [-0.05, 0) is 36.1 Å². The van der Waals surface area contributed by atoms with Crippen LogP contribution in [-0.2, 0) is 11.3 Å². The van der Waals surface area contributed by atoms with Crippen molar-refractivity contribution in [3.8, 4) is 0 Å². The van der Waals surface area contributed by atoms with Gasteiger partial charge in [0.05, 0.1) is 0 Å². The SMILES string of the molecule is Cl.NC(CC(=O)N(Cc1ccc(Cl)cc1)C1CC1)c1ccccc1. The fraction of sp³-hybridized carbons (Fsp3) is 0.316. The third-order valence-electron chi connectivity index (χ3n) is 4.20. The van der Waals surface area contributed by atoms with Gasteiger partial charge in [0.25, 0.3) is 0 Å². The Morgan fingerprint density at radius 2 is 1.75 bits per heavy atom. The number of hydrogen-bond donors (Lipinski definition) is 1. The third-order valence-corrected chi connectivity index (χ3v) is 4.45. The van der Waals surface area contributed by atoms with Gasteiger partial charge in [-0.15, -0.1) is 12.4 Å². The van der Waals surface area contributed by atoms with Gasteiger partial charge >= 0.3 is 0 Å². The zero-order valence-corrected chi connectivity index (χ0v) is 15.0. The minimum Gasteiger partial charge on any atom is -0.335 e. The molecule has 0 saturated heterocycles. The number of carbonyl (C=O) groups excluding carboxylic acids is 1. The summed E-state index contributed by atoms with van der Waals surface area (Å²) in [5.41, 5.74) is 8.31. The first-order valence-electron chi connectivity index (χ1n) is 7.98. The Morgan fingerprint density at radius 3 is 2.33 bits per heavy atom. The quantitative estimate of drug-likeness (QED) is 0.828. The van der Waals surface area contributed by atoms with Crippen molar-refractivity contribution in [2.75, 3.05) is 0 Å². The first-order valence-corrected chi connectivity index (χ1v) is 8.36. The molecule has 1 saturated carbocycles. The Bertz CT molecular complexity index is 657. The second-order valence-electron chi connectivity index (χ2n) is 6.10. The molecule has 2 aromatic rings. The smallest absolute Gasteiger partial charge is 0.225 e. The lowest BCUT2D eigenvalue weighted by Gasteiger charge is -2.24. The van der Waals surface area contributed by atoms with Gasteiger partial charge in [0.15, 0.2) is 0 Å². The van der Waals surface area contributed by atoms with E-state index in [1.54, 1.807) is 0 Å². The van der Waals surface area contributed by atoms with E-state index in [9.17, 15) is 4.79 Å². The summed E-state index contributed by atoms with van der Waals surface area (Å²) in [4.78, 5) is 14.7. The Kier molecular flexibility index (Phi) is 6.67. The molecule has 24 heavy (non-hydrogen) atoms. The molecule has 1 fully saturated rings. The van der Waals surface area contributed by atoms with Crippen molar-refractivity contribution in [3.63, 3.8) is 0 Å². The predicted octanol–water partition coefficient (Wildman–Crippen LogP) is 4.34. The molecular formula is C19H22Cl2N2O. The standard InChI is InChI=1S/C19H21ClN2O.ClH/c20-16-8-6-14(7-9-16)13-22(17-10-11-17)19(23)12-18(21)15-4-2-1-3-5-15;/h1-9,17-18H,10-13,21H2;1H. The summed E-state index contributed by atoms with van der Waals surface area (Å²) in [5.74, 6) is 0.124. The molecule has 0 aromatic heterocycles. The highest BCUT2D eigenvalue weighted by molar-refractivity contribution is 6.30. The van der Waals surface area contributed by atoms with Crippen LogP contribution < -0.4 is 5.73 Å². The van der Waals surface area contributed by atoms with Crippen LogP contribution in [0, 0.1) is 0 Å². The van der Waals surface area contributed by atoms with E-state index in [1.807, 2.05) is 59.5 Å². The first kappa shape index (κ1) is 18.8. The average Bonchev–Trinajstić information content (AvgIpc) is 3.39. The second kappa shape index (κ2) is 8.52. The summed E-state index contributed by atoms with van der Waals surface area (Å²) in [6.45, 7) is 0.627. The molecule has 0 bridgehead atoms. The van der Waals surface area contributed by atoms with Crippen LogP contribution in [0.1, 0.15) is 36.4 Å². The average molecular weight is 365 g/mol. The number of carbonyl (C=O) groups is 1. The van der Waals surface area contributed by atoms with E-state index in [-0.39, 0.29) is 24.4 Å². The van der Waals surface area contributed by atoms with Crippen molar-refractivity contribution in [2.45, 2.75) is 37.9 Å². The van der Waals surface area contributed by atoms with Crippen LogP contribution in [0.3, 0.4) is 0 Å². The normalized spacial score (nSPS) is 14.6. The minimum atomic E-state index is -0.254. The highest BCUT2D eigenvalue weighted by Gasteiger charge is 2.33. The summed E-state index contributed by atoms with van der Waals surface area (Å²) in [6.07, 6.45) is 2.51. The summed E-state index contributed by atoms with van der Waals surface area (Å²) >= 11 is 5.93. The summed E-state index contributed by atoms with van der Waals surface area (Å²) in [6, 6.07) is 17.6. The molecule has 0 radical (unpaired) electrons. The molecule has 1 amide bonds. The van der Waals surface area contributed by atoms with E-state index >= 15 is 0 Å². The van der Waals surface area contributed by atoms with Gasteiger partial charge in [0.2, 0.25) is 5.91 Å². The Morgan fingerprint density at radius 1 is 1.12 bits per heavy atom. The van der Waals surface area contributed by atoms with E-state index in [0.29, 0.717) is 24.0 Å². The molecule has 0 aliphatic heterocycles. The largest absolute Gasteiger partial charge is 0.335 e. The van der Waals surface area contributed by atoms with Crippen LogP contribution in [0.15, 0.2) is 54.6 Å². The number of nitrogens with two attached hydrogens (primary N) is 1. The zero-order chi connectivity index (χ0) is 16.2. The highest BCUT2D eigenvalue weighted by Crippen LogP contribution is 2.30. The predicted molar refractivity (Wildman–Crippen MR) is 100 cm³/mol. The van der Waals surface area contributed by atoms with Crippen LogP contribution in [-0.4, -0.2) is 16.8 Å². The maximum absolute atomic E-state index is 12.7. The van der Waals surface area contributed by atoms with Crippen LogP contribution in [0.25, 0.3) is 0 Å². The molecule has 0 spiro atoms. The van der Waals surface area contributed by atoms with E-state index in [2.05, 4.69) is 0 Å². The Balaban J connectivity index is 0.00000208. The fourth-order valence-electron chi connectivity index (χ4n) is 2.72. The number of hydrogen-bond acceptors (Lipinski definition) is 2. The number of nitrogens with zero attached hydrogens (tertiary/aromatic N) is 1. The van der Waals surface area contributed by atoms with Gasteiger partial charge in [-0.3, -0.25) is 4.79 Å².